The number of rotatable bonds is 10. The van der Waals surface area contributed by atoms with Crippen LogP contribution >= 0.6 is 0 Å². The summed E-state index contributed by atoms with van der Waals surface area (Å²) in [6.45, 7) is 3.94. The molecule has 0 aliphatic rings. The second-order valence-corrected chi connectivity index (χ2v) is 6.41. The van der Waals surface area contributed by atoms with Crippen LogP contribution < -0.4 is 14.8 Å². The maximum atomic E-state index is 13.8. The molecule has 6 nitrogen and oxygen atoms in total. The maximum absolute atomic E-state index is 13.8. The van der Waals surface area contributed by atoms with Crippen LogP contribution in [0.2, 0.25) is 0 Å². The fourth-order valence-electron chi connectivity index (χ4n) is 2.96. The van der Waals surface area contributed by atoms with Gasteiger partial charge in [-0.15, -0.1) is 0 Å². The minimum Gasteiger partial charge on any atom is -0.497 e. The Morgan fingerprint density at radius 2 is 1.90 bits per heavy atom. The molecule has 0 spiro atoms. The molecule has 0 fully saturated rings. The molecular weight excluding hydrogens is 375 g/mol. The Morgan fingerprint density at radius 3 is 2.55 bits per heavy atom. The molecule has 7 heteroatoms. The van der Waals surface area contributed by atoms with E-state index in [-0.39, 0.29) is 24.8 Å². The van der Waals surface area contributed by atoms with E-state index in [0.717, 1.165) is 5.56 Å². The second-order valence-electron chi connectivity index (χ2n) is 6.41. The molecule has 156 valence electrons. The average molecular weight is 402 g/mol. The van der Waals surface area contributed by atoms with Crippen molar-refractivity contribution in [3.63, 3.8) is 0 Å². The van der Waals surface area contributed by atoms with Crippen molar-refractivity contribution in [1.29, 1.82) is 0 Å². The van der Waals surface area contributed by atoms with Gasteiger partial charge in [0.2, 0.25) is 5.91 Å². The summed E-state index contributed by atoms with van der Waals surface area (Å²) in [5, 5.41) is 2.76. The molecule has 0 saturated heterocycles. The monoisotopic (exact) mass is 402 g/mol. The van der Waals surface area contributed by atoms with E-state index in [1.54, 1.807) is 25.3 Å². The lowest BCUT2D eigenvalue weighted by atomic mass is 10.1. The van der Waals surface area contributed by atoms with Gasteiger partial charge in [-0.2, -0.15) is 0 Å². The van der Waals surface area contributed by atoms with E-state index in [0.29, 0.717) is 18.7 Å². The van der Waals surface area contributed by atoms with Crippen LogP contribution in [0.5, 0.6) is 11.5 Å². The number of ether oxygens (including phenoxy) is 2. The van der Waals surface area contributed by atoms with Gasteiger partial charge in [-0.3, -0.25) is 9.59 Å². The molecule has 0 heterocycles. The first-order chi connectivity index (χ1) is 14.0. The number of carbonyl (C=O) groups is 2. The lowest BCUT2D eigenvalue weighted by molar-refractivity contribution is -0.143. The lowest BCUT2D eigenvalue weighted by Crippen LogP contribution is -2.50. The number of para-hydroxylation sites is 1. The Kier molecular flexibility index (Phi) is 8.45. The zero-order valence-corrected chi connectivity index (χ0v) is 17.0. The first-order valence-corrected chi connectivity index (χ1v) is 9.57. The number of likely N-dealkylation sites (N-methyl/N-ethyl adjacent to an activating group) is 1. The van der Waals surface area contributed by atoms with Crippen LogP contribution in [0.4, 0.5) is 4.39 Å². The van der Waals surface area contributed by atoms with Crippen LogP contribution in [0.1, 0.15) is 25.8 Å². The van der Waals surface area contributed by atoms with Crippen molar-refractivity contribution in [2.45, 2.75) is 32.9 Å². The highest BCUT2D eigenvalue weighted by atomic mass is 19.1. The van der Waals surface area contributed by atoms with E-state index in [4.69, 9.17) is 9.47 Å². The Bertz CT molecular complexity index is 828. The van der Waals surface area contributed by atoms with Crippen LogP contribution in [-0.4, -0.2) is 43.0 Å². The summed E-state index contributed by atoms with van der Waals surface area (Å²) in [5.41, 5.74) is 0.811. The van der Waals surface area contributed by atoms with Gasteiger partial charge >= 0.3 is 0 Å². The Hall–Kier alpha value is -3.09. The number of carbonyl (C=O) groups excluding carboxylic acids is 2. The van der Waals surface area contributed by atoms with Crippen molar-refractivity contribution < 1.29 is 23.5 Å². The van der Waals surface area contributed by atoms with Crippen LogP contribution in [0.15, 0.2) is 48.5 Å². The van der Waals surface area contributed by atoms with Crippen molar-refractivity contribution in [2.24, 2.45) is 0 Å². The predicted octanol–water partition coefficient (Wildman–Crippen LogP) is 3.16. The molecule has 0 unspecified atom stereocenters. The van der Waals surface area contributed by atoms with E-state index in [1.165, 1.54) is 17.0 Å². The van der Waals surface area contributed by atoms with Gasteiger partial charge in [0.05, 0.1) is 7.11 Å². The molecule has 0 radical (unpaired) electrons. The number of amides is 2. The summed E-state index contributed by atoms with van der Waals surface area (Å²) in [6.07, 6.45) is 0.432. The number of methoxy groups -OCH3 is 1. The van der Waals surface area contributed by atoms with Gasteiger partial charge in [-0.25, -0.2) is 4.39 Å². The molecule has 1 N–H and O–H groups in total. The number of halogens is 1. The summed E-state index contributed by atoms with van der Waals surface area (Å²) in [6, 6.07) is 12.5. The van der Waals surface area contributed by atoms with Gasteiger partial charge in [0.25, 0.3) is 5.91 Å². The molecule has 0 aromatic heterocycles. The first kappa shape index (κ1) is 22.2. The zero-order valence-electron chi connectivity index (χ0n) is 17.0. The molecule has 2 aromatic carbocycles. The van der Waals surface area contributed by atoms with Crippen molar-refractivity contribution in [3.05, 3.63) is 59.9 Å². The third-order valence-electron chi connectivity index (χ3n) is 4.41. The molecule has 29 heavy (non-hydrogen) atoms. The molecule has 0 aliphatic carbocycles. The standard InChI is InChI=1S/C22H27FN2O4/c1-4-19(22(27)24-5-2)25(14-16-9-8-10-17(13-16)28-3)21(26)15-29-20-12-7-6-11-18(20)23/h6-13,19H,4-5,14-15H2,1-3H3,(H,24,27)/t19-/m0/s1. The van der Waals surface area contributed by atoms with E-state index in [9.17, 15) is 14.0 Å². The topological polar surface area (TPSA) is 67.9 Å². The third kappa shape index (κ3) is 6.20. The van der Waals surface area contributed by atoms with Gasteiger partial charge in [0.15, 0.2) is 18.2 Å². The van der Waals surface area contributed by atoms with Gasteiger partial charge in [0.1, 0.15) is 11.8 Å². The number of hydrogen-bond donors (Lipinski definition) is 1. The van der Waals surface area contributed by atoms with Gasteiger partial charge in [-0.1, -0.05) is 31.2 Å². The highest BCUT2D eigenvalue weighted by Gasteiger charge is 2.28. The zero-order chi connectivity index (χ0) is 21.2. The van der Waals surface area contributed by atoms with Crippen LogP contribution in [-0.2, 0) is 16.1 Å². The fraction of sp³-hybridized carbons (Fsp3) is 0.364. The normalized spacial score (nSPS) is 11.4. The molecular formula is C22H27FN2O4. The largest absolute Gasteiger partial charge is 0.497 e. The van der Waals surface area contributed by atoms with E-state index < -0.39 is 17.8 Å². The molecule has 0 bridgehead atoms. The summed E-state index contributed by atoms with van der Waals surface area (Å²) in [4.78, 5) is 27.0. The van der Waals surface area contributed by atoms with Crippen molar-refractivity contribution >= 4 is 11.8 Å². The van der Waals surface area contributed by atoms with E-state index in [1.807, 2.05) is 32.0 Å². The van der Waals surface area contributed by atoms with Crippen molar-refractivity contribution in [1.82, 2.24) is 10.2 Å². The van der Waals surface area contributed by atoms with E-state index >= 15 is 0 Å². The van der Waals surface area contributed by atoms with Gasteiger partial charge in [0, 0.05) is 13.1 Å². The van der Waals surface area contributed by atoms with Crippen molar-refractivity contribution in [2.75, 3.05) is 20.3 Å². The molecule has 2 amide bonds. The molecule has 0 aliphatic heterocycles. The van der Waals surface area contributed by atoms with Gasteiger partial charge in [-0.05, 0) is 43.2 Å². The Labute approximate surface area is 170 Å². The minimum atomic E-state index is -0.669. The number of nitrogens with one attached hydrogen (secondary N) is 1. The Balaban J connectivity index is 2.23. The lowest BCUT2D eigenvalue weighted by Gasteiger charge is -2.30. The van der Waals surface area contributed by atoms with Crippen molar-refractivity contribution in [3.8, 4) is 11.5 Å². The second kappa shape index (κ2) is 11.0. The Morgan fingerprint density at radius 1 is 1.14 bits per heavy atom. The number of benzene rings is 2. The van der Waals surface area contributed by atoms with Crippen LogP contribution in [0.25, 0.3) is 0 Å². The van der Waals surface area contributed by atoms with Gasteiger partial charge < -0.3 is 19.7 Å². The van der Waals surface area contributed by atoms with Crippen LogP contribution in [0.3, 0.4) is 0 Å². The molecule has 0 saturated carbocycles. The van der Waals surface area contributed by atoms with Crippen LogP contribution in [0, 0.1) is 5.82 Å². The summed E-state index contributed by atoms with van der Waals surface area (Å²) >= 11 is 0. The van der Waals surface area contributed by atoms with E-state index in [2.05, 4.69) is 5.32 Å². The first-order valence-electron chi connectivity index (χ1n) is 9.57. The maximum Gasteiger partial charge on any atom is 0.261 e. The quantitative estimate of drug-likeness (QED) is 0.663. The molecule has 2 rings (SSSR count). The number of hydrogen-bond acceptors (Lipinski definition) is 4. The summed E-state index contributed by atoms with van der Waals surface area (Å²) in [5.74, 6) is -0.543. The molecule has 1 atom stereocenters. The number of nitrogens with zero attached hydrogens (tertiary/aromatic N) is 1. The third-order valence-corrected chi connectivity index (χ3v) is 4.41. The minimum absolute atomic E-state index is 0.00626. The fourth-order valence-corrected chi connectivity index (χ4v) is 2.96. The summed E-state index contributed by atoms with van der Waals surface area (Å²) < 4.78 is 24.4. The highest BCUT2D eigenvalue weighted by molar-refractivity contribution is 5.88. The average Bonchev–Trinajstić information content (AvgIpc) is 2.73. The highest BCUT2D eigenvalue weighted by Crippen LogP contribution is 2.19. The smallest absolute Gasteiger partial charge is 0.261 e. The summed E-state index contributed by atoms with van der Waals surface area (Å²) in [7, 11) is 1.56. The predicted molar refractivity (Wildman–Crippen MR) is 108 cm³/mol. The SMILES string of the molecule is CCNC(=O)[C@H](CC)N(Cc1cccc(OC)c1)C(=O)COc1ccccc1F. The molecule has 2 aromatic rings.